The van der Waals surface area contributed by atoms with E-state index >= 15 is 0 Å². The third-order valence-corrected chi connectivity index (χ3v) is 4.96. The highest BCUT2D eigenvalue weighted by Crippen LogP contribution is 2.27. The number of hydrogen-bond donors (Lipinski definition) is 2. The summed E-state index contributed by atoms with van der Waals surface area (Å²) >= 11 is 0. The molecule has 1 saturated heterocycles. The van der Waals surface area contributed by atoms with Crippen molar-refractivity contribution in [1.82, 2.24) is 30.0 Å². The molecule has 0 bridgehead atoms. The van der Waals surface area contributed by atoms with E-state index in [9.17, 15) is 4.79 Å². The molecule has 26 heavy (non-hydrogen) atoms. The minimum atomic E-state index is -0.614. The molecule has 1 aliphatic rings. The molecule has 0 atom stereocenters. The van der Waals surface area contributed by atoms with Crippen molar-refractivity contribution in [2.75, 3.05) is 13.1 Å². The Morgan fingerprint density at radius 3 is 2.81 bits per heavy atom. The van der Waals surface area contributed by atoms with Gasteiger partial charge in [-0.2, -0.15) is 5.10 Å². The van der Waals surface area contributed by atoms with Crippen molar-refractivity contribution in [3.63, 3.8) is 0 Å². The molecule has 4 rings (SSSR count). The molecule has 1 amide bonds. The molecule has 3 aromatic rings. The zero-order valence-corrected chi connectivity index (χ0v) is 14.5. The van der Waals surface area contributed by atoms with Crippen molar-refractivity contribution in [2.24, 2.45) is 0 Å². The van der Waals surface area contributed by atoms with Gasteiger partial charge in [-0.1, -0.05) is 12.1 Å². The molecule has 1 fully saturated rings. The second kappa shape index (κ2) is 7.13. The molecule has 0 spiro atoms. The number of aromatic nitrogens is 4. The number of imidazole rings is 1. The van der Waals surface area contributed by atoms with Crippen molar-refractivity contribution in [1.29, 1.82) is 0 Å². The largest absolute Gasteiger partial charge is 0.350 e. The normalized spacial score (nSPS) is 16.3. The van der Waals surface area contributed by atoms with Crippen LogP contribution in [0, 0.1) is 0 Å². The number of nitrogens with zero attached hydrogens (tertiary/aromatic N) is 4. The van der Waals surface area contributed by atoms with Gasteiger partial charge in [-0.3, -0.25) is 9.48 Å². The lowest BCUT2D eigenvalue weighted by atomic mass is 9.87. The van der Waals surface area contributed by atoms with E-state index in [0.29, 0.717) is 6.54 Å². The van der Waals surface area contributed by atoms with Gasteiger partial charge in [-0.25, -0.2) is 4.98 Å². The van der Waals surface area contributed by atoms with Crippen molar-refractivity contribution in [3.8, 4) is 5.69 Å². The molecule has 7 heteroatoms. The fourth-order valence-corrected chi connectivity index (χ4v) is 3.51. The summed E-state index contributed by atoms with van der Waals surface area (Å²) in [5.74, 6) is 0.0238. The number of hydrogen-bond acceptors (Lipinski definition) is 4. The fraction of sp³-hybridized carbons (Fsp3) is 0.316. The van der Waals surface area contributed by atoms with Crippen LogP contribution in [-0.2, 0) is 16.9 Å². The van der Waals surface area contributed by atoms with Crippen molar-refractivity contribution in [3.05, 3.63) is 67.0 Å². The Bertz CT molecular complexity index is 850. The van der Waals surface area contributed by atoms with Gasteiger partial charge in [0.25, 0.3) is 0 Å². The van der Waals surface area contributed by atoms with Gasteiger partial charge in [-0.05, 0) is 49.7 Å². The molecule has 2 aromatic heterocycles. The average molecular weight is 350 g/mol. The van der Waals surface area contributed by atoms with Crippen LogP contribution in [0.4, 0.5) is 0 Å². The SMILES string of the molecule is O=C(NCc1cccc(-n2ccnc2)c1)C1(n2cccn2)CCNCC1. The Hall–Kier alpha value is -2.93. The first kappa shape index (κ1) is 16.5. The summed E-state index contributed by atoms with van der Waals surface area (Å²) in [6.07, 6.45) is 10.5. The van der Waals surface area contributed by atoms with E-state index in [1.807, 2.05) is 45.9 Å². The quantitative estimate of drug-likeness (QED) is 0.730. The maximum Gasteiger partial charge on any atom is 0.248 e. The molecule has 1 aliphatic heterocycles. The molecular formula is C19H22N6O. The zero-order valence-electron chi connectivity index (χ0n) is 14.5. The van der Waals surface area contributed by atoms with Gasteiger partial charge in [0.05, 0.1) is 6.33 Å². The van der Waals surface area contributed by atoms with Crippen LogP contribution in [-0.4, -0.2) is 38.3 Å². The molecular weight excluding hydrogens is 328 g/mol. The lowest BCUT2D eigenvalue weighted by Crippen LogP contribution is -2.54. The number of benzene rings is 1. The number of carbonyl (C=O) groups excluding carboxylic acids is 1. The van der Waals surface area contributed by atoms with Gasteiger partial charge >= 0.3 is 0 Å². The summed E-state index contributed by atoms with van der Waals surface area (Å²) in [4.78, 5) is 17.2. The maximum atomic E-state index is 13.1. The standard InChI is InChI=1S/C19H22N6O/c26-18(19(5-8-20-9-6-19)25-11-2-7-23-25)22-14-16-3-1-4-17(13-16)24-12-10-21-15-24/h1-4,7,10-13,15,20H,5-6,8-9,14H2,(H,22,26). The molecule has 3 heterocycles. The summed E-state index contributed by atoms with van der Waals surface area (Å²) in [5.41, 5.74) is 1.46. The Morgan fingerprint density at radius 2 is 2.08 bits per heavy atom. The zero-order chi connectivity index (χ0) is 17.8. The third kappa shape index (κ3) is 3.13. The van der Waals surface area contributed by atoms with E-state index in [2.05, 4.69) is 26.8 Å². The molecule has 1 aromatic carbocycles. The molecule has 0 saturated carbocycles. The number of carbonyl (C=O) groups is 1. The van der Waals surface area contributed by atoms with E-state index in [1.54, 1.807) is 18.7 Å². The first-order valence-corrected chi connectivity index (χ1v) is 8.84. The molecule has 2 N–H and O–H groups in total. The molecule has 0 aliphatic carbocycles. The van der Waals surface area contributed by atoms with Crippen LogP contribution in [0.2, 0.25) is 0 Å². The topological polar surface area (TPSA) is 76.8 Å². The van der Waals surface area contributed by atoms with Crippen LogP contribution in [0.15, 0.2) is 61.4 Å². The van der Waals surface area contributed by atoms with Crippen molar-refractivity contribution < 1.29 is 4.79 Å². The first-order valence-electron chi connectivity index (χ1n) is 8.84. The summed E-state index contributed by atoms with van der Waals surface area (Å²) < 4.78 is 3.76. The lowest BCUT2D eigenvalue weighted by molar-refractivity contribution is -0.132. The Labute approximate surface area is 152 Å². The molecule has 7 nitrogen and oxygen atoms in total. The van der Waals surface area contributed by atoms with Crippen LogP contribution < -0.4 is 10.6 Å². The van der Waals surface area contributed by atoms with Crippen molar-refractivity contribution >= 4 is 5.91 Å². The first-order chi connectivity index (χ1) is 12.8. The summed E-state index contributed by atoms with van der Waals surface area (Å²) in [6, 6.07) is 9.95. The number of piperidine rings is 1. The Kier molecular flexibility index (Phi) is 4.53. The van der Waals surface area contributed by atoms with Gasteiger partial charge < -0.3 is 15.2 Å². The van der Waals surface area contributed by atoms with E-state index < -0.39 is 5.54 Å². The van der Waals surface area contributed by atoms with E-state index in [4.69, 9.17) is 0 Å². The number of nitrogens with one attached hydrogen (secondary N) is 2. The fourth-order valence-electron chi connectivity index (χ4n) is 3.51. The van der Waals surface area contributed by atoms with Gasteiger partial charge in [0.15, 0.2) is 0 Å². The van der Waals surface area contributed by atoms with Crippen LogP contribution in [0.25, 0.3) is 5.69 Å². The predicted molar refractivity (Wildman–Crippen MR) is 97.7 cm³/mol. The Morgan fingerprint density at radius 1 is 1.19 bits per heavy atom. The third-order valence-electron chi connectivity index (χ3n) is 4.96. The second-order valence-electron chi connectivity index (χ2n) is 6.55. The summed E-state index contributed by atoms with van der Waals surface area (Å²) in [5, 5.41) is 10.8. The van der Waals surface area contributed by atoms with E-state index in [0.717, 1.165) is 37.2 Å². The van der Waals surface area contributed by atoms with Crippen LogP contribution in [0.3, 0.4) is 0 Å². The smallest absolute Gasteiger partial charge is 0.248 e. The minimum absolute atomic E-state index is 0.0238. The summed E-state index contributed by atoms with van der Waals surface area (Å²) in [6.45, 7) is 2.10. The van der Waals surface area contributed by atoms with Gasteiger partial charge in [0, 0.05) is 37.0 Å². The minimum Gasteiger partial charge on any atom is -0.350 e. The number of amides is 1. The molecule has 0 unspecified atom stereocenters. The van der Waals surface area contributed by atoms with Gasteiger partial charge in [-0.15, -0.1) is 0 Å². The Balaban J connectivity index is 1.50. The highest BCUT2D eigenvalue weighted by Gasteiger charge is 2.41. The van der Waals surface area contributed by atoms with E-state index in [-0.39, 0.29) is 5.91 Å². The molecule has 0 radical (unpaired) electrons. The highest BCUT2D eigenvalue weighted by molar-refractivity contribution is 5.84. The lowest BCUT2D eigenvalue weighted by Gasteiger charge is -2.36. The highest BCUT2D eigenvalue weighted by atomic mass is 16.2. The van der Waals surface area contributed by atoms with Crippen molar-refractivity contribution in [2.45, 2.75) is 24.9 Å². The molecule has 134 valence electrons. The summed E-state index contributed by atoms with van der Waals surface area (Å²) in [7, 11) is 0. The monoisotopic (exact) mass is 350 g/mol. The predicted octanol–water partition coefficient (Wildman–Crippen LogP) is 1.46. The van der Waals surface area contributed by atoms with Crippen LogP contribution >= 0.6 is 0 Å². The number of rotatable bonds is 5. The van der Waals surface area contributed by atoms with Crippen LogP contribution in [0.1, 0.15) is 18.4 Å². The van der Waals surface area contributed by atoms with Crippen LogP contribution in [0.5, 0.6) is 0 Å². The van der Waals surface area contributed by atoms with Gasteiger partial charge in [0.2, 0.25) is 5.91 Å². The van der Waals surface area contributed by atoms with Gasteiger partial charge in [0.1, 0.15) is 5.54 Å². The maximum absolute atomic E-state index is 13.1. The van der Waals surface area contributed by atoms with E-state index in [1.165, 1.54) is 0 Å². The average Bonchev–Trinajstić information content (AvgIpc) is 3.41. The second-order valence-corrected chi connectivity index (χ2v) is 6.55.